The molecule has 108 valence electrons. The Morgan fingerprint density at radius 1 is 1.21 bits per heavy atom. The summed E-state index contributed by atoms with van der Waals surface area (Å²) < 4.78 is 31.9. The van der Waals surface area contributed by atoms with Crippen molar-refractivity contribution in [3.05, 3.63) is 35.4 Å². The van der Waals surface area contributed by atoms with Crippen LogP contribution in [0.1, 0.15) is 33.3 Å². The van der Waals surface area contributed by atoms with Gasteiger partial charge in [0.05, 0.1) is 5.60 Å². The van der Waals surface area contributed by atoms with Gasteiger partial charge in [-0.25, -0.2) is 8.78 Å². The summed E-state index contributed by atoms with van der Waals surface area (Å²) in [5.74, 6) is -1.62. The molecule has 0 fully saturated rings. The van der Waals surface area contributed by atoms with E-state index in [0.29, 0.717) is 13.0 Å². The lowest BCUT2D eigenvalue weighted by Crippen LogP contribution is -2.50. The molecule has 0 amide bonds. The lowest BCUT2D eigenvalue weighted by atomic mass is 9.92. The van der Waals surface area contributed by atoms with E-state index in [1.165, 1.54) is 12.1 Å². The van der Waals surface area contributed by atoms with E-state index in [2.05, 4.69) is 5.32 Å². The van der Waals surface area contributed by atoms with Crippen molar-refractivity contribution in [2.45, 2.75) is 45.8 Å². The monoisotopic (exact) mass is 271 g/mol. The second-order valence-electron chi connectivity index (χ2n) is 5.10. The summed E-state index contributed by atoms with van der Waals surface area (Å²) in [5, 5.41) is 3.35. The number of nitrogens with one attached hydrogen (secondary N) is 1. The first-order valence-electron chi connectivity index (χ1n) is 6.72. The molecule has 0 aliphatic carbocycles. The molecule has 0 aliphatic rings. The third kappa shape index (κ3) is 4.55. The average molecular weight is 271 g/mol. The topological polar surface area (TPSA) is 21.3 Å². The van der Waals surface area contributed by atoms with Gasteiger partial charge in [-0.05, 0) is 51.4 Å². The quantitative estimate of drug-likeness (QED) is 0.821. The van der Waals surface area contributed by atoms with Crippen LogP contribution >= 0.6 is 0 Å². The molecule has 4 heteroatoms. The highest BCUT2D eigenvalue weighted by atomic mass is 19.2. The van der Waals surface area contributed by atoms with Gasteiger partial charge in [-0.3, -0.25) is 0 Å². The van der Waals surface area contributed by atoms with Gasteiger partial charge in [0.2, 0.25) is 0 Å². The van der Waals surface area contributed by atoms with E-state index in [4.69, 9.17) is 4.74 Å². The summed E-state index contributed by atoms with van der Waals surface area (Å²) in [7, 11) is 0. The van der Waals surface area contributed by atoms with Crippen molar-refractivity contribution < 1.29 is 13.5 Å². The Balaban J connectivity index is 2.85. The van der Waals surface area contributed by atoms with Crippen LogP contribution in [-0.4, -0.2) is 24.8 Å². The summed E-state index contributed by atoms with van der Waals surface area (Å²) in [6.45, 7) is 9.38. The number of hydrogen-bond donors (Lipinski definition) is 1. The van der Waals surface area contributed by atoms with Gasteiger partial charge in [0.25, 0.3) is 0 Å². The maximum atomic E-state index is 13.2. The Bertz CT molecular complexity index is 407. The van der Waals surface area contributed by atoms with E-state index in [-0.39, 0.29) is 11.6 Å². The van der Waals surface area contributed by atoms with Crippen LogP contribution < -0.4 is 5.32 Å². The molecule has 2 nitrogen and oxygen atoms in total. The Kier molecular flexibility index (Phi) is 5.88. The molecule has 0 bridgehead atoms. The van der Waals surface area contributed by atoms with Gasteiger partial charge < -0.3 is 10.1 Å². The van der Waals surface area contributed by atoms with Gasteiger partial charge in [-0.2, -0.15) is 0 Å². The number of benzene rings is 1. The SMILES string of the molecule is CCNC(Cc1ccc(F)c(F)c1)C(C)(C)OCC. The van der Waals surface area contributed by atoms with Crippen LogP contribution in [0.5, 0.6) is 0 Å². The summed E-state index contributed by atoms with van der Waals surface area (Å²) >= 11 is 0. The maximum absolute atomic E-state index is 13.2. The average Bonchev–Trinajstić information content (AvgIpc) is 2.33. The number of hydrogen-bond acceptors (Lipinski definition) is 2. The summed E-state index contributed by atoms with van der Waals surface area (Å²) in [6.07, 6.45) is 0.595. The molecule has 0 saturated heterocycles. The molecule has 1 atom stereocenters. The van der Waals surface area contributed by atoms with Gasteiger partial charge in [-0.15, -0.1) is 0 Å². The first-order valence-corrected chi connectivity index (χ1v) is 6.72. The van der Waals surface area contributed by atoms with Gasteiger partial charge >= 0.3 is 0 Å². The Hall–Kier alpha value is -1.00. The van der Waals surface area contributed by atoms with Crippen LogP contribution in [0.25, 0.3) is 0 Å². The predicted octanol–water partition coefficient (Wildman–Crippen LogP) is 3.30. The third-order valence-corrected chi connectivity index (χ3v) is 3.23. The van der Waals surface area contributed by atoms with Gasteiger partial charge in [0.15, 0.2) is 11.6 Å². The standard InChI is InChI=1S/C15H23F2NO/c1-5-18-14(15(3,4)19-6-2)10-11-7-8-12(16)13(17)9-11/h7-9,14,18H,5-6,10H2,1-4H3. The van der Waals surface area contributed by atoms with Crippen molar-refractivity contribution in [3.8, 4) is 0 Å². The van der Waals surface area contributed by atoms with Crippen molar-refractivity contribution >= 4 is 0 Å². The molecule has 0 heterocycles. The summed E-state index contributed by atoms with van der Waals surface area (Å²) in [4.78, 5) is 0. The Labute approximate surface area is 114 Å². The molecule has 0 radical (unpaired) electrons. The Morgan fingerprint density at radius 2 is 1.89 bits per heavy atom. The minimum absolute atomic E-state index is 0.0438. The summed E-state index contributed by atoms with van der Waals surface area (Å²) in [6, 6.07) is 4.08. The number of likely N-dealkylation sites (N-methyl/N-ethyl adjacent to an activating group) is 1. The zero-order chi connectivity index (χ0) is 14.5. The largest absolute Gasteiger partial charge is 0.374 e. The highest BCUT2D eigenvalue weighted by molar-refractivity contribution is 5.19. The van der Waals surface area contributed by atoms with E-state index in [9.17, 15) is 8.78 Å². The smallest absolute Gasteiger partial charge is 0.159 e. The van der Waals surface area contributed by atoms with Crippen LogP contribution in [0.3, 0.4) is 0 Å². The van der Waals surface area contributed by atoms with Gasteiger partial charge in [-0.1, -0.05) is 13.0 Å². The normalized spacial score (nSPS) is 13.6. The molecule has 1 aromatic rings. The molecular formula is C15H23F2NO. The number of ether oxygens (including phenoxy) is 1. The van der Waals surface area contributed by atoms with Crippen molar-refractivity contribution in [1.29, 1.82) is 0 Å². The fourth-order valence-corrected chi connectivity index (χ4v) is 2.19. The number of rotatable bonds is 7. The highest BCUT2D eigenvalue weighted by Gasteiger charge is 2.29. The molecule has 1 N–H and O–H groups in total. The van der Waals surface area contributed by atoms with Crippen molar-refractivity contribution in [2.24, 2.45) is 0 Å². The molecule has 19 heavy (non-hydrogen) atoms. The molecule has 0 aromatic heterocycles. The van der Waals surface area contributed by atoms with Crippen molar-refractivity contribution in [3.63, 3.8) is 0 Å². The van der Waals surface area contributed by atoms with Crippen LogP contribution in [0.4, 0.5) is 8.78 Å². The zero-order valence-electron chi connectivity index (χ0n) is 12.1. The molecule has 1 unspecified atom stereocenters. The van der Waals surface area contributed by atoms with Crippen LogP contribution in [0.15, 0.2) is 18.2 Å². The molecular weight excluding hydrogens is 248 g/mol. The van der Waals surface area contributed by atoms with E-state index < -0.39 is 11.6 Å². The predicted molar refractivity (Wildman–Crippen MR) is 73.2 cm³/mol. The lowest BCUT2D eigenvalue weighted by Gasteiger charge is -2.35. The van der Waals surface area contributed by atoms with Gasteiger partial charge in [0, 0.05) is 12.6 Å². The fraction of sp³-hybridized carbons (Fsp3) is 0.600. The van der Waals surface area contributed by atoms with Crippen LogP contribution in [0.2, 0.25) is 0 Å². The highest BCUT2D eigenvalue weighted by Crippen LogP contribution is 2.20. The van der Waals surface area contributed by atoms with Gasteiger partial charge in [0.1, 0.15) is 0 Å². The first-order chi connectivity index (χ1) is 8.90. The fourth-order valence-electron chi connectivity index (χ4n) is 2.19. The van der Waals surface area contributed by atoms with E-state index in [1.54, 1.807) is 6.07 Å². The molecule has 1 rings (SSSR count). The second-order valence-corrected chi connectivity index (χ2v) is 5.10. The maximum Gasteiger partial charge on any atom is 0.159 e. The lowest BCUT2D eigenvalue weighted by molar-refractivity contribution is -0.0377. The third-order valence-electron chi connectivity index (χ3n) is 3.23. The minimum Gasteiger partial charge on any atom is -0.374 e. The Morgan fingerprint density at radius 3 is 2.42 bits per heavy atom. The molecule has 0 saturated carbocycles. The molecule has 0 aliphatic heterocycles. The summed E-state index contributed by atoms with van der Waals surface area (Å²) in [5.41, 5.74) is 0.396. The second kappa shape index (κ2) is 6.96. The van der Waals surface area contributed by atoms with Crippen molar-refractivity contribution in [1.82, 2.24) is 5.32 Å². The molecule has 0 spiro atoms. The van der Waals surface area contributed by atoms with Crippen molar-refractivity contribution in [2.75, 3.05) is 13.2 Å². The van der Waals surface area contributed by atoms with E-state index in [1.807, 2.05) is 27.7 Å². The van der Waals surface area contributed by atoms with Crippen LogP contribution in [0, 0.1) is 11.6 Å². The minimum atomic E-state index is -0.812. The molecule has 1 aromatic carbocycles. The van der Waals surface area contributed by atoms with Crippen LogP contribution in [-0.2, 0) is 11.2 Å². The van der Waals surface area contributed by atoms with E-state index in [0.717, 1.165) is 12.1 Å². The van der Waals surface area contributed by atoms with E-state index >= 15 is 0 Å². The zero-order valence-corrected chi connectivity index (χ0v) is 12.1. The first kappa shape index (κ1) is 16.1. The number of halogens is 2.